The quantitative estimate of drug-likeness (QED) is 0.694. The molecular weight excluding hydrogens is 216 g/mol. The van der Waals surface area contributed by atoms with Gasteiger partial charge in [0.05, 0.1) is 4.99 Å². The average molecular weight is 240 g/mol. The van der Waals surface area contributed by atoms with Crippen LogP contribution in [0.4, 0.5) is 0 Å². The summed E-state index contributed by atoms with van der Waals surface area (Å²) in [7, 11) is 0. The minimum atomic E-state index is 0.462. The highest BCUT2D eigenvalue weighted by Crippen LogP contribution is 2.50. The zero-order valence-corrected chi connectivity index (χ0v) is 11.4. The van der Waals surface area contributed by atoms with Gasteiger partial charge in [0.25, 0.3) is 0 Å². The molecule has 2 nitrogen and oxygen atoms in total. The molecule has 0 amide bonds. The van der Waals surface area contributed by atoms with Gasteiger partial charge in [0.15, 0.2) is 0 Å². The Labute approximate surface area is 105 Å². The summed E-state index contributed by atoms with van der Waals surface area (Å²) in [6.45, 7) is 7.09. The molecule has 0 spiro atoms. The van der Waals surface area contributed by atoms with Gasteiger partial charge in [-0.05, 0) is 37.0 Å². The van der Waals surface area contributed by atoms with E-state index in [1.54, 1.807) is 0 Å². The predicted molar refractivity (Wildman–Crippen MR) is 72.5 cm³/mol. The van der Waals surface area contributed by atoms with Crippen LogP contribution in [0.5, 0.6) is 0 Å². The van der Waals surface area contributed by atoms with Crippen molar-refractivity contribution < 1.29 is 0 Å². The first-order valence-electron chi connectivity index (χ1n) is 6.53. The molecule has 0 saturated heterocycles. The largest absolute Gasteiger partial charge is 0.393 e. The molecule has 92 valence electrons. The van der Waals surface area contributed by atoms with Crippen LogP contribution in [0.2, 0.25) is 0 Å². The fraction of sp³-hybridized carbons (Fsp3) is 0.923. The van der Waals surface area contributed by atoms with Crippen molar-refractivity contribution in [3.8, 4) is 0 Å². The summed E-state index contributed by atoms with van der Waals surface area (Å²) in [5, 5.41) is 0. The van der Waals surface area contributed by atoms with Crippen LogP contribution in [0.1, 0.15) is 46.0 Å². The monoisotopic (exact) mass is 240 g/mol. The van der Waals surface area contributed by atoms with Crippen molar-refractivity contribution in [2.75, 3.05) is 13.1 Å². The molecule has 3 heteroatoms. The molecule has 2 aliphatic rings. The van der Waals surface area contributed by atoms with E-state index in [1.165, 1.54) is 38.8 Å². The van der Waals surface area contributed by atoms with Crippen LogP contribution in [0.15, 0.2) is 0 Å². The van der Waals surface area contributed by atoms with Gasteiger partial charge >= 0.3 is 0 Å². The third-order valence-corrected chi connectivity index (χ3v) is 3.85. The third-order valence-electron chi connectivity index (χ3n) is 3.71. The lowest BCUT2D eigenvalue weighted by Crippen LogP contribution is -2.36. The fourth-order valence-electron chi connectivity index (χ4n) is 2.62. The lowest BCUT2D eigenvalue weighted by Gasteiger charge is -2.28. The van der Waals surface area contributed by atoms with Crippen LogP contribution in [-0.4, -0.2) is 29.0 Å². The second-order valence-electron chi connectivity index (χ2n) is 6.20. The van der Waals surface area contributed by atoms with E-state index < -0.39 is 0 Å². The Balaban J connectivity index is 1.87. The lowest BCUT2D eigenvalue weighted by molar-refractivity contribution is 0.191. The first-order chi connectivity index (χ1) is 7.51. The van der Waals surface area contributed by atoms with Crippen molar-refractivity contribution in [2.45, 2.75) is 52.0 Å². The SMILES string of the molecule is CC(C)CN(CC1(CC(N)=S)CC1)C1CC1. The molecule has 0 bridgehead atoms. The number of hydrogen-bond acceptors (Lipinski definition) is 2. The molecule has 0 heterocycles. The predicted octanol–water partition coefficient (Wildman–Crippen LogP) is 2.56. The molecule has 0 aliphatic heterocycles. The second-order valence-corrected chi connectivity index (χ2v) is 6.72. The summed E-state index contributed by atoms with van der Waals surface area (Å²) in [5.41, 5.74) is 6.16. The normalized spacial score (nSPS) is 22.8. The first kappa shape index (κ1) is 12.3. The van der Waals surface area contributed by atoms with E-state index >= 15 is 0 Å². The van der Waals surface area contributed by atoms with Crippen molar-refractivity contribution in [2.24, 2.45) is 17.1 Å². The first-order valence-corrected chi connectivity index (χ1v) is 6.94. The molecule has 0 aromatic rings. The molecular formula is C13H24N2S. The van der Waals surface area contributed by atoms with Gasteiger partial charge < -0.3 is 5.73 Å². The second kappa shape index (κ2) is 4.61. The number of rotatable bonds is 7. The Morgan fingerprint density at radius 1 is 1.44 bits per heavy atom. The standard InChI is InChI=1S/C13H24N2S/c1-10(2)8-15(11-3-4-11)9-13(5-6-13)7-12(14)16/h10-11H,3-9H2,1-2H3,(H2,14,16). The number of nitrogens with zero attached hydrogens (tertiary/aromatic N) is 1. The van der Waals surface area contributed by atoms with E-state index in [1.807, 2.05) is 0 Å². The molecule has 2 rings (SSSR count). The van der Waals surface area contributed by atoms with Gasteiger partial charge in [0.2, 0.25) is 0 Å². The van der Waals surface area contributed by atoms with E-state index in [2.05, 4.69) is 18.7 Å². The van der Waals surface area contributed by atoms with E-state index in [-0.39, 0.29) is 0 Å². The molecule has 0 aromatic heterocycles. The Morgan fingerprint density at radius 2 is 2.06 bits per heavy atom. The zero-order chi connectivity index (χ0) is 11.8. The Bertz CT molecular complexity index is 267. The van der Waals surface area contributed by atoms with Gasteiger partial charge in [-0.25, -0.2) is 0 Å². The minimum absolute atomic E-state index is 0.462. The van der Waals surface area contributed by atoms with Gasteiger partial charge in [-0.3, -0.25) is 4.90 Å². The molecule has 0 radical (unpaired) electrons. The van der Waals surface area contributed by atoms with Gasteiger partial charge in [0.1, 0.15) is 0 Å². The Kier molecular flexibility index (Phi) is 3.55. The summed E-state index contributed by atoms with van der Waals surface area (Å²) in [6.07, 6.45) is 6.41. The number of thiocarbonyl (C=S) groups is 1. The van der Waals surface area contributed by atoms with Crippen molar-refractivity contribution in [1.29, 1.82) is 0 Å². The molecule has 0 unspecified atom stereocenters. The summed E-state index contributed by atoms with van der Waals surface area (Å²) in [4.78, 5) is 3.40. The summed E-state index contributed by atoms with van der Waals surface area (Å²) in [5.74, 6) is 0.765. The summed E-state index contributed by atoms with van der Waals surface area (Å²) < 4.78 is 0. The molecule has 2 aliphatic carbocycles. The maximum atomic E-state index is 5.70. The van der Waals surface area contributed by atoms with Gasteiger partial charge in [-0.15, -0.1) is 0 Å². The highest BCUT2D eigenvalue weighted by molar-refractivity contribution is 7.80. The Morgan fingerprint density at radius 3 is 2.44 bits per heavy atom. The summed E-state index contributed by atoms with van der Waals surface area (Å²) in [6, 6.07) is 0.867. The van der Waals surface area contributed by atoms with E-state index in [0.29, 0.717) is 10.4 Å². The van der Waals surface area contributed by atoms with Crippen LogP contribution in [0, 0.1) is 11.3 Å². The van der Waals surface area contributed by atoms with E-state index in [9.17, 15) is 0 Å². The molecule has 0 aromatic carbocycles. The van der Waals surface area contributed by atoms with Crippen molar-refractivity contribution in [1.82, 2.24) is 4.90 Å². The smallest absolute Gasteiger partial charge is 0.0733 e. The maximum Gasteiger partial charge on any atom is 0.0733 e. The zero-order valence-electron chi connectivity index (χ0n) is 10.5. The lowest BCUT2D eigenvalue weighted by atomic mass is 10.0. The number of hydrogen-bond donors (Lipinski definition) is 1. The highest BCUT2D eigenvalue weighted by atomic mass is 32.1. The molecule has 2 saturated carbocycles. The molecule has 2 N–H and O–H groups in total. The van der Waals surface area contributed by atoms with Gasteiger partial charge in [-0.1, -0.05) is 26.1 Å². The van der Waals surface area contributed by atoms with Crippen LogP contribution in [0.3, 0.4) is 0 Å². The van der Waals surface area contributed by atoms with Crippen molar-refractivity contribution >= 4 is 17.2 Å². The van der Waals surface area contributed by atoms with E-state index in [4.69, 9.17) is 18.0 Å². The van der Waals surface area contributed by atoms with Crippen LogP contribution in [0.25, 0.3) is 0 Å². The third kappa shape index (κ3) is 3.42. The van der Waals surface area contributed by atoms with Crippen LogP contribution in [-0.2, 0) is 0 Å². The van der Waals surface area contributed by atoms with Gasteiger partial charge in [-0.2, -0.15) is 0 Å². The van der Waals surface area contributed by atoms with E-state index in [0.717, 1.165) is 18.4 Å². The fourth-order valence-corrected chi connectivity index (χ4v) is 2.93. The molecule has 0 atom stereocenters. The Hall–Kier alpha value is -0.150. The molecule has 2 fully saturated rings. The average Bonchev–Trinajstić information content (AvgIpc) is 2.93. The maximum absolute atomic E-state index is 5.70. The summed E-state index contributed by atoms with van der Waals surface area (Å²) >= 11 is 5.06. The van der Waals surface area contributed by atoms with Crippen LogP contribution >= 0.6 is 12.2 Å². The van der Waals surface area contributed by atoms with Crippen molar-refractivity contribution in [3.05, 3.63) is 0 Å². The minimum Gasteiger partial charge on any atom is -0.393 e. The molecule has 16 heavy (non-hydrogen) atoms. The van der Waals surface area contributed by atoms with Gasteiger partial charge in [0, 0.05) is 25.6 Å². The van der Waals surface area contributed by atoms with Crippen LogP contribution < -0.4 is 5.73 Å². The number of nitrogens with two attached hydrogens (primary N) is 1. The topological polar surface area (TPSA) is 29.3 Å². The van der Waals surface area contributed by atoms with Crippen molar-refractivity contribution in [3.63, 3.8) is 0 Å². The highest BCUT2D eigenvalue weighted by Gasteiger charge is 2.46.